The molecule has 0 atom stereocenters. The summed E-state index contributed by atoms with van der Waals surface area (Å²) in [5.41, 5.74) is 2.57. The van der Waals surface area contributed by atoms with Gasteiger partial charge in [-0.2, -0.15) is 0 Å². The van der Waals surface area contributed by atoms with Crippen LogP contribution in [0.25, 0.3) is 10.9 Å². The smallest absolute Gasteiger partial charge is 0.0456 e. The molecule has 2 heterocycles. The summed E-state index contributed by atoms with van der Waals surface area (Å²) in [6.45, 7) is 9.56. The maximum atomic E-state index is 3.48. The zero-order chi connectivity index (χ0) is 12.8. The molecule has 0 spiro atoms. The van der Waals surface area contributed by atoms with Crippen molar-refractivity contribution < 1.29 is 1.43 Å². The van der Waals surface area contributed by atoms with E-state index in [0.29, 0.717) is 0 Å². The van der Waals surface area contributed by atoms with Crippen molar-refractivity contribution >= 4 is 10.9 Å². The first kappa shape index (κ1) is 13.1. The van der Waals surface area contributed by atoms with Gasteiger partial charge in [0.05, 0.1) is 0 Å². The number of hydrogen-bond donors (Lipinski definition) is 2. The average Bonchev–Trinajstić information content (AvgIpc) is 2.84. The standard InChI is InChI=1S/C13H17N3.C2H6.H2/c1-2-4-13-11(3-1)9-12(15-13)10-16-7-5-14-6-8-16;1-2;/h1-4,9,14-15H,5-8,10H2;1-2H3;1H. The second kappa shape index (κ2) is 6.57. The van der Waals surface area contributed by atoms with Crippen LogP contribution < -0.4 is 5.32 Å². The van der Waals surface area contributed by atoms with Crippen LogP contribution in [0.2, 0.25) is 0 Å². The third-order valence-corrected chi connectivity index (χ3v) is 3.19. The number of H-pyrrole nitrogens is 1. The molecule has 3 rings (SSSR count). The van der Waals surface area contributed by atoms with E-state index in [1.165, 1.54) is 16.6 Å². The molecule has 0 bridgehead atoms. The van der Waals surface area contributed by atoms with Gasteiger partial charge in [-0.1, -0.05) is 32.0 Å². The molecule has 1 aliphatic heterocycles. The van der Waals surface area contributed by atoms with Crippen molar-refractivity contribution in [3.8, 4) is 0 Å². The van der Waals surface area contributed by atoms with Gasteiger partial charge in [0.2, 0.25) is 0 Å². The molecule has 0 amide bonds. The van der Waals surface area contributed by atoms with Crippen molar-refractivity contribution in [1.82, 2.24) is 15.2 Å². The lowest BCUT2D eigenvalue weighted by molar-refractivity contribution is 0.231. The Kier molecular flexibility index (Phi) is 4.79. The molecule has 0 saturated carbocycles. The van der Waals surface area contributed by atoms with E-state index < -0.39 is 0 Å². The number of rotatable bonds is 2. The number of benzene rings is 1. The summed E-state index contributed by atoms with van der Waals surface area (Å²) in [5.74, 6) is 0. The van der Waals surface area contributed by atoms with Crippen molar-refractivity contribution in [3.05, 3.63) is 36.0 Å². The van der Waals surface area contributed by atoms with Crippen molar-refractivity contribution in [2.24, 2.45) is 0 Å². The van der Waals surface area contributed by atoms with Gasteiger partial charge < -0.3 is 10.3 Å². The highest BCUT2D eigenvalue weighted by Gasteiger charge is 2.10. The number of aromatic nitrogens is 1. The fourth-order valence-electron chi connectivity index (χ4n) is 2.33. The topological polar surface area (TPSA) is 31.1 Å². The van der Waals surface area contributed by atoms with Crippen LogP contribution in [0.3, 0.4) is 0 Å². The molecule has 1 fully saturated rings. The summed E-state index contributed by atoms with van der Waals surface area (Å²) in [5, 5.41) is 4.69. The number of nitrogens with zero attached hydrogens (tertiary/aromatic N) is 1. The molecule has 3 heteroatoms. The highest BCUT2D eigenvalue weighted by Crippen LogP contribution is 2.15. The van der Waals surface area contributed by atoms with Gasteiger partial charge in [0, 0.05) is 45.4 Å². The van der Waals surface area contributed by atoms with Gasteiger partial charge in [-0.15, -0.1) is 0 Å². The minimum absolute atomic E-state index is 0. The van der Waals surface area contributed by atoms with E-state index in [0.717, 1.165) is 32.7 Å². The Balaban J connectivity index is 0.000000576. The third-order valence-electron chi connectivity index (χ3n) is 3.19. The molecule has 2 aromatic rings. The highest BCUT2D eigenvalue weighted by atomic mass is 15.2. The molecule has 1 aromatic heterocycles. The predicted molar refractivity (Wildman–Crippen MR) is 79.9 cm³/mol. The molecule has 0 unspecified atom stereocenters. The van der Waals surface area contributed by atoms with E-state index in [4.69, 9.17) is 0 Å². The number of fused-ring (bicyclic) bond motifs is 1. The summed E-state index contributed by atoms with van der Waals surface area (Å²) in [6.07, 6.45) is 0. The number of hydrogen-bond acceptors (Lipinski definition) is 2. The molecule has 1 aliphatic rings. The Morgan fingerprint density at radius 2 is 1.89 bits per heavy atom. The first-order chi connectivity index (χ1) is 8.92. The molecule has 100 valence electrons. The zero-order valence-electron chi connectivity index (χ0n) is 11.4. The number of para-hydroxylation sites is 1. The van der Waals surface area contributed by atoms with Crippen LogP contribution in [0.5, 0.6) is 0 Å². The Morgan fingerprint density at radius 3 is 2.61 bits per heavy atom. The van der Waals surface area contributed by atoms with Gasteiger partial charge in [-0.25, -0.2) is 0 Å². The zero-order valence-corrected chi connectivity index (χ0v) is 11.4. The van der Waals surface area contributed by atoms with Crippen molar-refractivity contribution in [3.63, 3.8) is 0 Å². The van der Waals surface area contributed by atoms with Gasteiger partial charge in [0.15, 0.2) is 0 Å². The lowest BCUT2D eigenvalue weighted by atomic mass is 10.2. The second-order valence-corrected chi connectivity index (χ2v) is 4.41. The normalized spacial score (nSPS) is 16.3. The van der Waals surface area contributed by atoms with Crippen molar-refractivity contribution in [2.75, 3.05) is 26.2 Å². The van der Waals surface area contributed by atoms with Crippen LogP contribution in [0, 0.1) is 0 Å². The molecular weight excluding hydrogens is 222 g/mol. The van der Waals surface area contributed by atoms with E-state index in [2.05, 4.69) is 45.5 Å². The molecule has 1 aromatic carbocycles. The van der Waals surface area contributed by atoms with Gasteiger partial charge in [-0.3, -0.25) is 4.90 Å². The molecule has 3 nitrogen and oxygen atoms in total. The van der Waals surface area contributed by atoms with E-state index in [9.17, 15) is 0 Å². The third kappa shape index (κ3) is 3.12. The van der Waals surface area contributed by atoms with Gasteiger partial charge >= 0.3 is 0 Å². The molecule has 1 saturated heterocycles. The Morgan fingerprint density at radius 1 is 1.17 bits per heavy atom. The first-order valence-corrected chi connectivity index (χ1v) is 6.91. The molecule has 0 aliphatic carbocycles. The summed E-state index contributed by atoms with van der Waals surface area (Å²) in [6, 6.07) is 10.7. The summed E-state index contributed by atoms with van der Waals surface area (Å²) < 4.78 is 0. The highest BCUT2D eigenvalue weighted by molar-refractivity contribution is 5.80. The quantitative estimate of drug-likeness (QED) is 0.855. The molecule has 0 radical (unpaired) electrons. The van der Waals surface area contributed by atoms with Crippen molar-refractivity contribution in [2.45, 2.75) is 20.4 Å². The molecule has 18 heavy (non-hydrogen) atoms. The minimum atomic E-state index is 0. The minimum Gasteiger partial charge on any atom is -0.357 e. The van der Waals surface area contributed by atoms with Crippen LogP contribution in [-0.2, 0) is 6.54 Å². The van der Waals surface area contributed by atoms with Crippen molar-refractivity contribution in [1.29, 1.82) is 0 Å². The number of nitrogens with one attached hydrogen (secondary N) is 2. The first-order valence-electron chi connectivity index (χ1n) is 6.91. The fourth-order valence-corrected chi connectivity index (χ4v) is 2.33. The Hall–Kier alpha value is -1.32. The van der Waals surface area contributed by atoms with Gasteiger partial charge in [0.25, 0.3) is 0 Å². The summed E-state index contributed by atoms with van der Waals surface area (Å²) in [7, 11) is 0. The van der Waals surface area contributed by atoms with E-state index in [-0.39, 0.29) is 1.43 Å². The summed E-state index contributed by atoms with van der Waals surface area (Å²) in [4.78, 5) is 5.97. The second-order valence-electron chi connectivity index (χ2n) is 4.41. The van der Waals surface area contributed by atoms with Gasteiger partial charge in [0.1, 0.15) is 0 Å². The maximum absolute atomic E-state index is 3.48. The van der Waals surface area contributed by atoms with Crippen LogP contribution >= 0.6 is 0 Å². The van der Waals surface area contributed by atoms with Crippen LogP contribution in [0.4, 0.5) is 0 Å². The lowest BCUT2D eigenvalue weighted by Crippen LogP contribution is -2.42. The van der Waals surface area contributed by atoms with E-state index in [1.54, 1.807) is 0 Å². The molecular formula is C15H25N3. The van der Waals surface area contributed by atoms with Crippen LogP contribution in [0.15, 0.2) is 30.3 Å². The van der Waals surface area contributed by atoms with E-state index >= 15 is 0 Å². The van der Waals surface area contributed by atoms with Gasteiger partial charge in [-0.05, 0) is 17.5 Å². The fraction of sp³-hybridized carbons (Fsp3) is 0.467. The largest absolute Gasteiger partial charge is 0.357 e. The van der Waals surface area contributed by atoms with E-state index in [1.807, 2.05) is 13.8 Å². The molecule has 2 N–H and O–H groups in total. The monoisotopic (exact) mass is 247 g/mol. The number of piperazine rings is 1. The van der Waals surface area contributed by atoms with Crippen LogP contribution in [0.1, 0.15) is 21.0 Å². The van der Waals surface area contributed by atoms with Crippen LogP contribution in [-0.4, -0.2) is 36.1 Å². The lowest BCUT2D eigenvalue weighted by Gasteiger charge is -2.26. The Labute approximate surface area is 111 Å². The predicted octanol–water partition coefficient (Wildman–Crippen LogP) is 2.85. The number of aromatic amines is 1. The SMILES string of the molecule is CC.[HH].c1ccc2[nH]c(CN3CCNCC3)cc2c1. The summed E-state index contributed by atoms with van der Waals surface area (Å²) >= 11 is 0. The maximum Gasteiger partial charge on any atom is 0.0456 e. The Bertz CT molecular complexity index is 442. The average molecular weight is 247 g/mol.